The first kappa shape index (κ1) is 22.0. The van der Waals surface area contributed by atoms with E-state index in [4.69, 9.17) is 4.74 Å². The van der Waals surface area contributed by atoms with Crippen molar-refractivity contribution in [1.29, 1.82) is 0 Å². The van der Waals surface area contributed by atoms with Crippen molar-refractivity contribution < 1.29 is 19.4 Å². The van der Waals surface area contributed by atoms with Gasteiger partial charge in [0.15, 0.2) is 11.4 Å². The predicted octanol–water partition coefficient (Wildman–Crippen LogP) is 3.62. The number of benzene rings is 2. The van der Waals surface area contributed by atoms with Crippen LogP contribution < -0.4 is 5.56 Å². The monoisotopic (exact) mass is 442 g/mol. The summed E-state index contributed by atoms with van der Waals surface area (Å²) in [6.45, 7) is 2.06. The molecule has 4 aromatic rings. The Morgan fingerprint density at radius 1 is 0.939 bits per heavy atom. The van der Waals surface area contributed by atoms with Gasteiger partial charge >= 0.3 is 5.97 Å². The molecule has 166 valence electrons. The maximum absolute atomic E-state index is 13.4. The second-order valence-corrected chi connectivity index (χ2v) is 7.47. The second-order valence-electron chi connectivity index (χ2n) is 7.47. The van der Waals surface area contributed by atoms with Crippen LogP contribution in [0.3, 0.4) is 0 Å². The molecule has 0 spiro atoms. The Kier molecular flexibility index (Phi) is 6.31. The molecule has 0 saturated carbocycles. The molecule has 7 heteroatoms. The number of para-hydroxylation sites is 1. The zero-order chi connectivity index (χ0) is 23.4. The topological polar surface area (TPSA) is 98.5 Å². The second kappa shape index (κ2) is 9.48. The van der Waals surface area contributed by atoms with E-state index in [0.717, 1.165) is 5.56 Å². The number of ether oxygens (including phenoxy) is 1. The van der Waals surface area contributed by atoms with Crippen LogP contribution in [-0.4, -0.2) is 33.0 Å². The van der Waals surface area contributed by atoms with Gasteiger partial charge in [-0.2, -0.15) is 0 Å². The molecular weight excluding hydrogens is 420 g/mol. The number of aromatic hydroxyl groups is 1. The lowest BCUT2D eigenvalue weighted by Crippen LogP contribution is -2.27. The van der Waals surface area contributed by atoms with Crippen molar-refractivity contribution in [1.82, 2.24) is 9.55 Å². The van der Waals surface area contributed by atoms with E-state index in [1.807, 2.05) is 6.07 Å². The Hall–Kier alpha value is -4.26. The maximum Gasteiger partial charge on any atom is 0.310 e. The number of carbonyl (C=O) groups excluding carboxylic acids is 2. The molecule has 2 aromatic carbocycles. The maximum atomic E-state index is 13.4. The quantitative estimate of drug-likeness (QED) is 0.347. The van der Waals surface area contributed by atoms with Crippen LogP contribution in [0.25, 0.3) is 16.7 Å². The number of carbonyl (C=O) groups is 2. The standard InChI is InChI=1S/C26H22N2O5/c1-2-33-22(30)16-18-12-10-17(11-13-18)15-21(29)23-24(31)20-9-6-14-27-25(20)28(26(23)32)19-7-4-3-5-8-19/h3-14,31H,2,15-16H2,1H3. The van der Waals surface area contributed by atoms with E-state index in [0.29, 0.717) is 23.2 Å². The first-order chi connectivity index (χ1) is 16.0. The van der Waals surface area contributed by atoms with Gasteiger partial charge in [-0.1, -0.05) is 42.5 Å². The number of rotatable bonds is 7. The smallest absolute Gasteiger partial charge is 0.310 e. The number of hydrogen-bond donors (Lipinski definition) is 1. The lowest BCUT2D eigenvalue weighted by Gasteiger charge is -2.14. The first-order valence-electron chi connectivity index (χ1n) is 10.5. The van der Waals surface area contributed by atoms with Gasteiger partial charge < -0.3 is 9.84 Å². The fourth-order valence-electron chi connectivity index (χ4n) is 3.70. The van der Waals surface area contributed by atoms with Gasteiger partial charge in [-0.25, -0.2) is 4.98 Å². The molecule has 0 radical (unpaired) electrons. The highest BCUT2D eigenvalue weighted by atomic mass is 16.5. The van der Waals surface area contributed by atoms with E-state index in [1.165, 1.54) is 10.8 Å². The van der Waals surface area contributed by atoms with Crippen LogP contribution in [0.15, 0.2) is 77.7 Å². The van der Waals surface area contributed by atoms with Crippen molar-refractivity contribution in [3.8, 4) is 11.4 Å². The Labute approximate surface area is 189 Å². The number of aromatic nitrogens is 2. The van der Waals surface area contributed by atoms with Crippen LogP contribution in [0.4, 0.5) is 0 Å². The van der Waals surface area contributed by atoms with Crippen LogP contribution in [-0.2, 0) is 22.4 Å². The Morgan fingerprint density at radius 3 is 2.27 bits per heavy atom. The highest BCUT2D eigenvalue weighted by Crippen LogP contribution is 2.27. The molecule has 2 aromatic heterocycles. The summed E-state index contributed by atoms with van der Waals surface area (Å²) >= 11 is 0. The van der Waals surface area contributed by atoms with Crippen molar-refractivity contribution in [2.75, 3.05) is 6.61 Å². The molecule has 0 aliphatic carbocycles. The number of pyridine rings is 2. The summed E-state index contributed by atoms with van der Waals surface area (Å²) in [5.41, 5.74) is 1.32. The Morgan fingerprint density at radius 2 is 1.61 bits per heavy atom. The minimum atomic E-state index is -0.631. The van der Waals surface area contributed by atoms with Crippen molar-refractivity contribution in [2.24, 2.45) is 0 Å². The van der Waals surface area contributed by atoms with Gasteiger partial charge in [-0.15, -0.1) is 0 Å². The highest BCUT2D eigenvalue weighted by Gasteiger charge is 2.23. The summed E-state index contributed by atoms with van der Waals surface area (Å²) in [7, 11) is 0. The molecule has 0 fully saturated rings. The van der Waals surface area contributed by atoms with Gasteiger partial charge in [0.2, 0.25) is 0 Å². The van der Waals surface area contributed by atoms with Crippen molar-refractivity contribution in [2.45, 2.75) is 19.8 Å². The SMILES string of the molecule is CCOC(=O)Cc1ccc(CC(=O)c2c(O)c3cccnc3n(-c3ccccc3)c2=O)cc1. The third kappa shape index (κ3) is 4.52. The Balaban J connectivity index is 1.71. The molecule has 33 heavy (non-hydrogen) atoms. The van der Waals surface area contributed by atoms with E-state index >= 15 is 0 Å². The molecule has 2 heterocycles. The average molecular weight is 442 g/mol. The molecule has 0 atom stereocenters. The van der Waals surface area contributed by atoms with Crippen molar-refractivity contribution >= 4 is 22.8 Å². The van der Waals surface area contributed by atoms with Gasteiger partial charge in [0, 0.05) is 12.6 Å². The summed E-state index contributed by atoms with van der Waals surface area (Å²) in [5, 5.41) is 11.1. The highest BCUT2D eigenvalue weighted by molar-refractivity contribution is 6.04. The third-order valence-corrected chi connectivity index (χ3v) is 5.24. The zero-order valence-corrected chi connectivity index (χ0v) is 18.0. The lowest BCUT2D eigenvalue weighted by molar-refractivity contribution is -0.142. The molecule has 1 N–H and O–H groups in total. The predicted molar refractivity (Wildman–Crippen MR) is 124 cm³/mol. The van der Waals surface area contributed by atoms with Crippen LogP contribution in [0, 0.1) is 0 Å². The molecule has 0 bridgehead atoms. The zero-order valence-electron chi connectivity index (χ0n) is 18.0. The normalized spacial score (nSPS) is 10.8. The first-order valence-corrected chi connectivity index (χ1v) is 10.5. The number of Topliss-reactive ketones (excluding diaryl/α,β-unsaturated/α-hetero) is 1. The molecule has 0 aliphatic heterocycles. The summed E-state index contributed by atoms with van der Waals surface area (Å²) in [6, 6.07) is 19.1. The van der Waals surface area contributed by atoms with Gasteiger partial charge in [-0.05, 0) is 42.3 Å². The molecular formula is C26H22N2O5. The van der Waals surface area contributed by atoms with E-state index in [-0.39, 0.29) is 35.8 Å². The van der Waals surface area contributed by atoms with Crippen molar-refractivity contribution in [3.05, 3.63) is 100.0 Å². The van der Waals surface area contributed by atoms with Gasteiger partial charge in [0.1, 0.15) is 11.3 Å². The molecule has 0 saturated heterocycles. The van der Waals surface area contributed by atoms with Crippen molar-refractivity contribution in [3.63, 3.8) is 0 Å². The molecule has 7 nitrogen and oxygen atoms in total. The number of esters is 1. The van der Waals surface area contributed by atoms with Crippen LogP contribution in [0.5, 0.6) is 5.75 Å². The number of hydrogen-bond acceptors (Lipinski definition) is 6. The summed E-state index contributed by atoms with van der Waals surface area (Å²) in [5.74, 6) is -1.21. The molecule has 0 aliphatic rings. The van der Waals surface area contributed by atoms with Gasteiger partial charge in [0.25, 0.3) is 5.56 Å². The summed E-state index contributed by atoms with van der Waals surface area (Å²) in [6.07, 6.45) is 1.59. The minimum absolute atomic E-state index is 0.0803. The minimum Gasteiger partial charge on any atom is -0.506 e. The Bertz CT molecular complexity index is 1380. The fraction of sp³-hybridized carbons (Fsp3) is 0.154. The van der Waals surface area contributed by atoms with E-state index in [9.17, 15) is 19.5 Å². The fourth-order valence-corrected chi connectivity index (χ4v) is 3.70. The van der Waals surface area contributed by atoms with E-state index in [1.54, 1.807) is 67.6 Å². The number of fused-ring (bicyclic) bond motifs is 1. The number of ketones is 1. The molecule has 4 rings (SSSR count). The van der Waals surface area contributed by atoms with Crippen LogP contribution >= 0.6 is 0 Å². The van der Waals surface area contributed by atoms with Crippen LogP contribution in [0.2, 0.25) is 0 Å². The average Bonchev–Trinajstić information content (AvgIpc) is 2.81. The van der Waals surface area contributed by atoms with Gasteiger partial charge in [-0.3, -0.25) is 19.0 Å². The van der Waals surface area contributed by atoms with E-state index < -0.39 is 11.3 Å². The summed E-state index contributed by atoms with van der Waals surface area (Å²) < 4.78 is 6.28. The summed E-state index contributed by atoms with van der Waals surface area (Å²) in [4.78, 5) is 42.4. The molecule has 0 amide bonds. The lowest BCUT2D eigenvalue weighted by atomic mass is 10.00. The van der Waals surface area contributed by atoms with Crippen LogP contribution in [0.1, 0.15) is 28.4 Å². The van der Waals surface area contributed by atoms with Gasteiger partial charge in [0.05, 0.1) is 24.1 Å². The molecule has 0 unspecified atom stereocenters. The number of nitrogens with zero attached hydrogens (tertiary/aromatic N) is 2. The van der Waals surface area contributed by atoms with E-state index in [2.05, 4.69) is 4.98 Å². The third-order valence-electron chi connectivity index (χ3n) is 5.24. The largest absolute Gasteiger partial charge is 0.506 e.